The molecule has 9 heteroatoms. The molecule has 3 rings (SSSR count). The van der Waals surface area contributed by atoms with Crippen molar-refractivity contribution < 1.29 is 23.9 Å². The molecule has 0 radical (unpaired) electrons. The van der Waals surface area contributed by atoms with E-state index in [1.54, 1.807) is 12.0 Å². The third kappa shape index (κ3) is 3.44. The molecule has 8 nitrogen and oxygen atoms in total. The number of piperidine rings is 1. The number of esters is 1. The summed E-state index contributed by atoms with van der Waals surface area (Å²) in [6.45, 7) is 1.95. The number of nitrogens with zero attached hydrogens (tertiary/aromatic N) is 3. The number of amides is 3. The molecule has 1 spiro atoms. The third-order valence-corrected chi connectivity index (χ3v) is 6.85. The topological polar surface area (TPSA) is 79.4 Å². The highest BCUT2D eigenvalue weighted by atomic mass is 32.2. The molecule has 3 aliphatic heterocycles. The number of rotatable bonds is 6. The highest BCUT2D eigenvalue weighted by Gasteiger charge is 2.58. The van der Waals surface area contributed by atoms with E-state index >= 15 is 0 Å². The summed E-state index contributed by atoms with van der Waals surface area (Å²) in [7, 11) is 2.82. The van der Waals surface area contributed by atoms with Crippen LogP contribution in [0.25, 0.3) is 0 Å². The maximum Gasteiger partial charge on any atom is 0.328 e. The van der Waals surface area contributed by atoms with Crippen molar-refractivity contribution in [3.63, 3.8) is 0 Å². The van der Waals surface area contributed by atoms with Crippen molar-refractivity contribution >= 4 is 29.7 Å². The molecule has 3 aliphatic rings. The zero-order valence-electron chi connectivity index (χ0n) is 15.4. The van der Waals surface area contributed by atoms with Gasteiger partial charge in [0, 0.05) is 38.5 Å². The average Bonchev–Trinajstić information content (AvgIpc) is 3.25. The van der Waals surface area contributed by atoms with Crippen LogP contribution in [0.3, 0.4) is 0 Å². The zero-order chi connectivity index (χ0) is 18.7. The quantitative estimate of drug-likeness (QED) is 0.484. The summed E-state index contributed by atoms with van der Waals surface area (Å²) in [4.78, 5) is 42.7. The minimum absolute atomic E-state index is 0.274. The van der Waals surface area contributed by atoms with Crippen molar-refractivity contribution in [3.8, 4) is 0 Å². The fourth-order valence-corrected chi connectivity index (χ4v) is 5.42. The van der Waals surface area contributed by atoms with Gasteiger partial charge < -0.3 is 14.4 Å². The summed E-state index contributed by atoms with van der Waals surface area (Å²) in [5, 5.41) is 0. The maximum absolute atomic E-state index is 13.1. The normalized spacial score (nSPS) is 26.2. The Morgan fingerprint density at radius 2 is 2.00 bits per heavy atom. The summed E-state index contributed by atoms with van der Waals surface area (Å²) in [6.07, 6.45) is 2.38. The van der Waals surface area contributed by atoms with Gasteiger partial charge in [-0.1, -0.05) is 0 Å². The van der Waals surface area contributed by atoms with Gasteiger partial charge in [-0.25, -0.2) is 4.79 Å². The molecular weight excluding hydrogens is 358 g/mol. The predicted octanol–water partition coefficient (Wildman–Crippen LogP) is 0.410. The molecule has 0 aromatic rings. The summed E-state index contributed by atoms with van der Waals surface area (Å²) >= 11 is 1.97. The van der Waals surface area contributed by atoms with Crippen LogP contribution in [-0.4, -0.2) is 103 Å². The van der Waals surface area contributed by atoms with E-state index < -0.39 is 17.5 Å². The number of likely N-dealkylation sites (tertiary alicyclic amines) is 1. The number of ether oxygens (including phenoxy) is 2. The molecule has 0 N–H and O–H groups in total. The fraction of sp³-hybridized carbons (Fsp3) is 0.824. The number of hydrogen-bond donors (Lipinski definition) is 0. The molecule has 3 amide bonds. The Kier molecular flexibility index (Phi) is 6.09. The molecule has 0 bridgehead atoms. The van der Waals surface area contributed by atoms with Gasteiger partial charge >= 0.3 is 12.0 Å². The lowest BCUT2D eigenvalue weighted by Crippen LogP contribution is -2.58. The first-order valence-corrected chi connectivity index (χ1v) is 10.2. The van der Waals surface area contributed by atoms with Crippen LogP contribution in [-0.2, 0) is 19.1 Å². The van der Waals surface area contributed by atoms with E-state index in [9.17, 15) is 14.4 Å². The molecule has 0 aromatic heterocycles. The van der Waals surface area contributed by atoms with Crippen molar-refractivity contribution in [2.24, 2.45) is 0 Å². The van der Waals surface area contributed by atoms with Gasteiger partial charge in [-0.05, 0) is 25.0 Å². The van der Waals surface area contributed by atoms with Crippen LogP contribution in [0.1, 0.15) is 19.3 Å². The second-order valence-electron chi connectivity index (χ2n) is 6.98. The first-order chi connectivity index (χ1) is 12.5. The van der Waals surface area contributed by atoms with Gasteiger partial charge in [-0.3, -0.25) is 19.4 Å². The first-order valence-electron chi connectivity index (χ1n) is 9.04. The molecule has 26 heavy (non-hydrogen) atoms. The molecule has 1 atom stereocenters. The van der Waals surface area contributed by atoms with Gasteiger partial charge in [-0.2, -0.15) is 11.8 Å². The Bertz CT molecular complexity index is 559. The minimum atomic E-state index is -0.855. The second kappa shape index (κ2) is 8.14. The number of carbonyl (C=O) groups is 3. The van der Waals surface area contributed by atoms with Gasteiger partial charge in [0.1, 0.15) is 12.1 Å². The third-order valence-electron chi connectivity index (χ3n) is 5.70. The van der Waals surface area contributed by atoms with E-state index in [1.165, 1.54) is 19.3 Å². The van der Waals surface area contributed by atoms with Gasteiger partial charge in [-0.15, -0.1) is 0 Å². The van der Waals surface area contributed by atoms with Crippen LogP contribution in [0, 0.1) is 0 Å². The standard InChI is InChI=1S/C17H27N3O5S/c1-24-9-8-20-16(23)19(11-14(21)25-2)15(22)17(20)4-6-18(7-5-17)13-3-10-26-12-13/h13H,3-12H2,1-2H3/t13-/m0/s1. The highest BCUT2D eigenvalue weighted by molar-refractivity contribution is 7.99. The lowest BCUT2D eigenvalue weighted by Gasteiger charge is -2.43. The molecular formula is C17H27N3O5S. The summed E-state index contributed by atoms with van der Waals surface area (Å²) in [5.41, 5.74) is -0.855. The van der Waals surface area contributed by atoms with Crippen molar-refractivity contribution in [1.29, 1.82) is 0 Å². The molecule has 0 unspecified atom stereocenters. The van der Waals surface area contributed by atoms with E-state index in [2.05, 4.69) is 9.64 Å². The Morgan fingerprint density at radius 1 is 1.27 bits per heavy atom. The molecule has 3 heterocycles. The van der Waals surface area contributed by atoms with Gasteiger partial charge in [0.2, 0.25) is 0 Å². The van der Waals surface area contributed by atoms with Gasteiger partial charge in [0.15, 0.2) is 0 Å². The fourth-order valence-electron chi connectivity index (χ4n) is 4.16. The number of imide groups is 1. The summed E-state index contributed by atoms with van der Waals surface area (Å²) in [5.74, 6) is 1.47. The summed E-state index contributed by atoms with van der Waals surface area (Å²) < 4.78 is 9.78. The Hall–Kier alpha value is -1.32. The Balaban J connectivity index is 1.76. The first kappa shape index (κ1) is 19.4. The molecule has 3 saturated heterocycles. The van der Waals surface area contributed by atoms with Crippen LogP contribution in [0.2, 0.25) is 0 Å². The van der Waals surface area contributed by atoms with Crippen LogP contribution in [0.15, 0.2) is 0 Å². The Morgan fingerprint density at radius 3 is 2.58 bits per heavy atom. The van der Waals surface area contributed by atoms with Crippen molar-refractivity contribution in [2.75, 3.05) is 58.5 Å². The smallest absolute Gasteiger partial charge is 0.328 e. The lowest BCUT2D eigenvalue weighted by molar-refractivity contribution is -0.146. The Labute approximate surface area is 158 Å². The minimum Gasteiger partial charge on any atom is -0.468 e. The molecule has 0 saturated carbocycles. The predicted molar refractivity (Wildman–Crippen MR) is 97.0 cm³/mol. The highest BCUT2D eigenvalue weighted by Crippen LogP contribution is 2.38. The summed E-state index contributed by atoms with van der Waals surface area (Å²) in [6, 6.07) is 0.158. The van der Waals surface area contributed by atoms with E-state index in [1.807, 2.05) is 11.8 Å². The SMILES string of the molecule is COCCN1C(=O)N(CC(=O)OC)C(=O)C12CCN([C@H]1CCSC1)CC2. The number of urea groups is 1. The number of hydrogen-bond acceptors (Lipinski definition) is 7. The van der Waals surface area contributed by atoms with Crippen molar-refractivity contribution in [3.05, 3.63) is 0 Å². The van der Waals surface area contributed by atoms with Gasteiger partial charge in [0.25, 0.3) is 5.91 Å². The van der Waals surface area contributed by atoms with Crippen LogP contribution in [0.5, 0.6) is 0 Å². The van der Waals surface area contributed by atoms with Crippen molar-refractivity contribution in [2.45, 2.75) is 30.8 Å². The molecule has 146 valence electrons. The van der Waals surface area contributed by atoms with E-state index in [-0.39, 0.29) is 12.5 Å². The van der Waals surface area contributed by atoms with Crippen LogP contribution >= 0.6 is 11.8 Å². The van der Waals surface area contributed by atoms with Crippen LogP contribution in [0.4, 0.5) is 4.79 Å². The molecule has 3 fully saturated rings. The number of carbonyl (C=O) groups excluding carboxylic acids is 3. The largest absolute Gasteiger partial charge is 0.468 e. The van der Waals surface area contributed by atoms with Gasteiger partial charge in [0.05, 0.1) is 13.7 Å². The lowest BCUT2D eigenvalue weighted by atomic mass is 9.85. The van der Waals surface area contributed by atoms with Crippen molar-refractivity contribution in [1.82, 2.24) is 14.7 Å². The molecule has 0 aromatic carbocycles. The maximum atomic E-state index is 13.1. The number of methoxy groups -OCH3 is 2. The van der Waals surface area contributed by atoms with E-state index in [4.69, 9.17) is 4.74 Å². The average molecular weight is 385 g/mol. The number of thioether (sulfide) groups is 1. The monoisotopic (exact) mass is 385 g/mol. The van der Waals surface area contributed by atoms with E-state index in [0.29, 0.717) is 32.0 Å². The second-order valence-corrected chi connectivity index (χ2v) is 8.13. The zero-order valence-corrected chi connectivity index (χ0v) is 16.3. The van der Waals surface area contributed by atoms with E-state index in [0.717, 1.165) is 23.7 Å². The molecule has 0 aliphatic carbocycles. The van der Waals surface area contributed by atoms with Crippen LogP contribution < -0.4 is 0 Å².